The van der Waals surface area contributed by atoms with Crippen LogP contribution in [0.4, 0.5) is 5.69 Å². The number of rotatable bonds is 5. The molecule has 1 aliphatic heterocycles. The van der Waals surface area contributed by atoms with Gasteiger partial charge in [-0.1, -0.05) is 29.8 Å². The second kappa shape index (κ2) is 7.64. The van der Waals surface area contributed by atoms with E-state index >= 15 is 0 Å². The van der Waals surface area contributed by atoms with Crippen molar-refractivity contribution >= 4 is 21.6 Å². The molecule has 21 heavy (non-hydrogen) atoms. The summed E-state index contributed by atoms with van der Waals surface area (Å²) in [5.41, 5.74) is 2.83. The zero-order valence-electron chi connectivity index (χ0n) is 13.8. The summed E-state index contributed by atoms with van der Waals surface area (Å²) >= 11 is 3.64. The van der Waals surface area contributed by atoms with Crippen LogP contribution >= 0.6 is 15.9 Å². The lowest BCUT2D eigenvalue weighted by Crippen LogP contribution is -2.42. The molecular weight excluding hydrogens is 324 g/mol. The largest absolute Gasteiger partial charge is 0.368 e. The zero-order valence-corrected chi connectivity index (χ0v) is 15.4. The van der Waals surface area contributed by atoms with Crippen LogP contribution in [-0.2, 0) is 0 Å². The first-order chi connectivity index (χ1) is 10.0. The Hall–Kier alpha value is -0.540. The molecule has 0 bridgehead atoms. The summed E-state index contributed by atoms with van der Waals surface area (Å²) in [5, 5.41) is 3.63. The minimum atomic E-state index is 0.391. The van der Waals surface area contributed by atoms with E-state index in [1.54, 1.807) is 0 Å². The second-order valence-corrected chi connectivity index (χ2v) is 7.48. The van der Waals surface area contributed by atoms with Crippen LogP contribution < -0.4 is 10.2 Å². The Balaban J connectivity index is 2.29. The van der Waals surface area contributed by atoms with E-state index in [1.807, 2.05) is 0 Å². The van der Waals surface area contributed by atoms with Crippen LogP contribution in [0.15, 0.2) is 22.7 Å². The third kappa shape index (κ3) is 4.23. The molecule has 0 spiro atoms. The first kappa shape index (κ1) is 16.8. The van der Waals surface area contributed by atoms with Crippen LogP contribution in [0.25, 0.3) is 0 Å². The van der Waals surface area contributed by atoms with Crippen LogP contribution in [0.3, 0.4) is 0 Å². The van der Waals surface area contributed by atoms with E-state index in [2.05, 4.69) is 72.0 Å². The van der Waals surface area contributed by atoms with E-state index in [4.69, 9.17) is 0 Å². The number of nitrogens with zero attached hydrogens (tertiary/aromatic N) is 1. The Morgan fingerprint density at radius 3 is 2.81 bits per heavy atom. The molecule has 0 aliphatic carbocycles. The maximum absolute atomic E-state index is 3.64. The Morgan fingerprint density at radius 1 is 1.33 bits per heavy atom. The highest BCUT2D eigenvalue weighted by molar-refractivity contribution is 9.10. The summed E-state index contributed by atoms with van der Waals surface area (Å²) in [6.07, 6.45) is 3.82. The fourth-order valence-corrected chi connectivity index (χ4v) is 3.61. The van der Waals surface area contributed by atoms with E-state index < -0.39 is 0 Å². The number of hydrogen-bond donors (Lipinski definition) is 1. The van der Waals surface area contributed by atoms with E-state index in [9.17, 15) is 0 Å². The lowest BCUT2D eigenvalue weighted by Gasteiger charge is -2.40. The van der Waals surface area contributed by atoms with Crippen molar-refractivity contribution in [2.75, 3.05) is 18.0 Å². The molecule has 2 nitrogen and oxygen atoms in total. The second-order valence-electron chi connectivity index (χ2n) is 6.56. The van der Waals surface area contributed by atoms with E-state index in [-0.39, 0.29) is 0 Å². The van der Waals surface area contributed by atoms with Crippen molar-refractivity contribution in [3.05, 3.63) is 28.2 Å². The summed E-state index contributed by atoms with van der Waals surface area (Å²) in [6.45, 7) is 11.5. The summed E-state index contributed by atoms with van der Waals surface area (Å²) in [4.78, 5) is 2.61. The standard InChI is InChI=1S/C18H29BrN2/c1-5-10-20-15(4)17-11-16(19)8-9-18(17)21-12-13(2)6-7-14(21)3/h8-9,11,13-15,20H,5-7,10,12H2,1-4H3. The third-order valence-electron chi connectivity index (χ3n) is 4.58. The number of hydrogen-bond acceptors (Lipinski definition) is 2. The molecule has 3 heteroatoms. The summed E-state index contributed by atoms with van der Waals surface area (Å²) in [5.74, 6) is 0.789. The van der Waals surface area contributed by atoms with Crippen molar-refractivity contribution in [1.82, 2.24) is 5.32 Å². The van der Waals surface area contributed by atoms with Gasteiger partial charge >= 0.3 is 0 Å². The molecule has 0 aromatic heterocycles. The SMILES string of the molecule is CCCNC(C)c1cc(Br)ccc1N1CC(C)CCC1C. The smallest absolute Gasteiger partial charge is 0.0417 e. The molecule has 1 aliphatic rings. The fraction of sp³-hybridized carbons (Fsp3) is 0.667. The molecule has 0 amide bonds. The molecule has 1 N–H and O–H groups in total. The van der Waals surface area contributed by atoms with Gasteiger partial charge in [0.2, 0.25) is 0 Å². The van der Waals surface area contributed by atoms with Crippen molar-refractivity contribution in [1.29, 1.82) is 0 Å². The quantitative estimate of drug-likeness (QED) is 0.789. The highest BCUT2D eigenvalue weighted by Crippen LogP contribution is 2.34. The average molecular weight is 353 g/mol. The van der Waals surface area contributed by atoms with Crippen molar-refractivity contribution in [3.63, 3.8) is 0 Å². The van der Waals surface area contributed by atoms with E-state index in [0.717, 1.165) is 12.5 Å². The number of nitrogens with one attached hydrogen (secondary N) is 1. The van der Waals surface area contributed by atoms with Gasteiger partial charge in [0.15, 0.2) is 0 Å². The summed E-state index contributed by atoms with van der Waals surface area (Å²) in [6, 6.07) is 7.78. The van der Waals surface area contributed by atoms with Gasteiger partial charge in [-0.05, 0) is 69.3 Å². The Labute approximate surface area is 138 Å². The van der Waals surface area contributed by atoms with Crippen LogP contribution in [0.2, 0.25) is 0 Å². The van der Waals surface area contributed by atoms with Crippen molar-refractivity contribution in [2.24, 2.45) is 5.92 Å². The van der Waals surface area contributed by atoms with Gasteiger partial charge in [-0.3, -0.25) is 0 Å². The van der Waals surface area contributed by atoms with Gasteiger partial charge in [-0.15, -0.1) is 0 Å². The highest BCUT2D eigenvalue weighted by Gasteiger charge is 2.25. The predicted molar refractivity (Wildman–Crippen MR) is 96.1 cm³/mol. The van der Waals surface area contributed by atoms with E-state index in [1.165, 1.54) is 41.5 Å². The van der Waals surface area contributed by atoms with Crippen LogP contribution in [0.5, 0.6) is 0 Å². The Morgan fingerprint density at radius 2 is 2.10 bits per heavy atom. The third-order valence-corrected chi connectivity index (χ3v) is 5.08. The van der Waals surface area contributed by atoms with Crippen LogP contribution in [0.1, 0.15) is 58.6 Å². The van der Waals surface area contributed by atoms with Crippen molar-refractivity contribution in [2.45, 2.75) is 59.0 Å². The molecule has 0 radical (unpaired) electrons. The molecule has 1 fully saturated rings. The predicted octanol–water partition coefficient (Wildman–Crippen LogP) is 5.13. The topological polar surface area (TPSA) is 15.3 Å². The normalized spacial score (nSPS) is 24.1. The lowest BCUT2D eigenvalue weighted by atomic mass is 9.93. The maximum atomic E-state index is 3.64. The minimum Gasteiger partial charge on any atom is -0.368 e. The molecule has 3 unspecified atom stereocenters. The Kier molecular flexibility index (Phi) is 6.12. The highest BCUT2D eigenvalue weighted by atomic mass is 79.9. The molecular formula is C18H29BrN2. The molecule has 2 rings (SSSR count). The fourth-order valence-electron chi connectivity index (χ4n) is 3.23. The Bertz CT molecular complexity index is 461. The summed E-state index contributed by atoms with van der Waals surface area (Å²) in [7, 11) is 0. The molecule has 1 aromatic carbocycles. The first-order valence-corrected chi connectivity index (χ1v) is 9.11. The van der Waals surface area contributed by atoms with Gasteiger partial charge in [0.05, 0.1) is 0 Å². The van der Waals surface area contributed by atoms with Crippen molar-refractivity contribution < 1.29 is 0 Å². The molecule has 1 aromatic rings. The average Bonchev–Trinajstić information content (AvgIpc) is 2.47. The molecule has 1 saturated heterocycles. The van der Waals surface area contributed by atoms with Crippen LogP contribution in [-0.4, -0.2) is 19.1 Å². The van der Waals surface area contributed by atoms with E-state index in [0.29, 0.717) is 12.1 Å². The number of anilines is 1. The molecule has 1 heterocycles. The minimum absolute atomic E-state index is 0.391. The number of benzene rings is 1. The molecule has 118 valence electrons. The maximum Gasteiger partial charge on any atom is 0.0417 e. The van der Waals surface area contributed by atoms with Gasteiger partial charge in [-0.25, -0.2) is 0 Å². The number of halogens is 1. The van der Waals surface area contributed by atoms with Gasteiger partial charge in [0.1, 0.15) is 0 Å². The number of piperidine rings is 1. The lowest BCUT2D eigenvalue weighted by molar-refractivity contribution is 0.389. The molecule has 3 atom stereocenters. The zero-order chi connectivity index (χ0) is 15.4. The monoisotopic (exact) mass is 352 g/mol. The van der Waals surface area contributed by atoms with Gasteiger partial charge in [0, 0.05) is 28.8 Å². The first-order valence-electron chi connectivity index (χ1n) is 8.32. The van der Waals surface area contributed by atoms with Crippen LogP contribution in [0, 0.1) is 5.92 Å². The van der Waals surface area contributed by atoms with Gasteiger partial charge in [-0.2, -0.15) is 0 Å². The van der Waals surface area contributed by atoms with Gasteiger partial charge in [0.25, 0.3) is 0 Å². The van der Waals surface area contributed by atoms with Crippen molar-refractivity contribution in [3.8, 4) is 0 Å². The molecule has 0 saturated carbocycles. The summed E-state index contributed by atoms with van der Waals surface area (Å²) < 4.78 is 1.17. The van der Waals surface area contributed by atoms with Gasteiger partial charge < -0.3 is 10.2 Å².